The minimum atomic E-state index is -4.22. The molecule has 1 aromatic carbocycles. The summed E-state index contributed by atoms with van der Waals surface area (Å²) in [7, 11) is -4.22. The number of rotatable bonds is 4. The highest BCUT2D eigenvalue weighted by atomic mass is 32.3. The Balaban J connectivity index is 0.000000240. The van der Waals surface area contributed by atoms with E-state index in [0.29, 0.717) is 0 Å². The van der Waals surface area contributed by atoms with Gasteiger partial charge in [-0.3, -0.25) is 4.55 Å². The first kappa shape index (κ1) is 17.1. The summed E-state index contributed by atoms with van der Waals surface area (Å²) in [6.45, 7) is 6.72. The molecular formula is C14H18N2O4S. The number of hydrogen-bond donors (Lipinski definition) is 1. The Labute approximate surface area is 124 Å². The van der Waals surface area contributed by atoms with Gasteiger partial charge in [0.25, 0.3) is 0 Å². The smallest absolute Gasteiger partial charge is 0.300 e. The van der Waals surface area contributed by atoms with E-state index in [1.54, 1.807) is 12.3 Å². The predicted molar refractivity (Wildman–Crippen MR) is 81.4 cm³/mol. The Kier molecular flexibility index (Phi) is 6.29. The Morgan fingerprint density at radius 1 is 1.33 bits per heavy atom. The van der Waals surface area contributed by atoms with Crippen LogP contribution < -0.4 is 0 Å². The van der Waals surface area contributed by atoms with Crippen molar-refractivity contribution < 1.29 is 17.2 Å². The molecule has 2 rings (SSSR count). The standard InChI is InChI=1S/C11H10N2.C3H8O4S/c1-2-11-12-8-9-13(11)10-6-4-3-5-7-10;1-3(2)7-8(4,5)6/h2-9H,1H2;3H,1-2H3,(H,4,5,6). The monoisotopic (exact) mass is 310 g/mol. The predicted octanol–water partition coefficient (Wildman–Crippen LogP) is 2.73. The number of para-hydroxylation sites is 1. The minimum Gasteiger partial charge on any atom is -0.300 e. The largest absolute Gasteiger partial charge is 0.397 e. The summed E-state index contributed by atoms with van der Waals surface area (Å²) in [5, 5.41) is 0. The second-order valence-electron chi connectivity index (χ2n) is 4.27. The van der Waals surface area contributed by atoms with Crippen molar-refractivity contribution in [3.05, 3.63) is 55.1 Å². The van der Waals surface area contributed by atoms with Crippen LogP contribution in [0, 0.1) is 0 Å². The van der Waals surface area contributed by atoms with Crippen LogP contribution >= 0.6 is 0 Å². The summed E-state index contributed by atoms with van der Waals surface area (Å²) in [5.74, 6) is 0.867. The molecule has 0 saturated carbocycles. The van der Waals surface area contributed by atoms with Crippen LogP contribution in [0.1, 0.15) is 19.7 Å². The molecule has 6 nitrogen and oxygen atoms in total. The third kappa shape index (κ3) is 6.35. The molecule has 1 heterocycles. The first-order valence-corrected chi connectivity index (χ1v) is 7.57. The lowest BCUT2D eigenvalue weighted by molar-refractivity contribution is 0.213. The van der Waals surface area contributed by atoms with Crippen LogP contribution in [0.5, 0.6) is 0 Å². The van der Waals surface area contributed by atoms with E-state index in [2.05, 4.69) is 15.7 Å². The van der Waals surface area contributed by atoms with Gasteiger partial charge in [-0.2, -0.15) is 8.42 Å². The van der Waals surface area contributed by atoms with E-state index in [9.17, 15) is 8.42 Å². The molecule has 1 aromatic heterocycles. The summed E-state index contributed by atoms with van der Waals surface area (Å²) in [4.78, 5) is 4.16. The van der Waals surface area contributed by atoms with Gasteiger partial charge in [-0.15, -0.1) is 0 Å². The summed E-state index contributed by atoms with van der Waals surface area (Å²) in [5.41, 5.74) is 1.11. The normalized spacial score (nSPS) is 10.9. The number of imidazole rings is 1. The molecule has 7 heteroatoms. The van der Waals surface area contributed by atoms with Gasteiger partial charge >= 0.3 is 10.4 Å². The van der Waals surface area contributed by atoms with Crippen LogP contribution in [0.15, 0.2) is 49.3 Å². The van der Waals surface area contributed by atoms with Gasteiger partial charge in [-0.25, -0.2) is 9.17 Å². The highest BCUT2D eigenvalue weighted by Gasteiger charge is 2.05. The van der Waals surface area contributed by atoms with E-state index in [4.69, 9.17) is 4.55 Å². The number of aromatic nitrogens is 2. The van der Waals surface area contributed by atoms with Crippen LogP contribution in [0.4, 0.5) is 0 Å². The van der Waals surface area contributed by atoms with Gasteiger partial charge in [-0.05, 0) is 32.1 Å². The topological polar surface area (TPSA) is 81.4 Å². The van der Waals surface area contributed by atoms with E-state index >= 15 is 0 Å². The molecule has 0 bridgehead atoms. The number of hydrogen-bond acceptors (Lipinski definition) is 4. The lowest BCUT2D eigenvalue weighted by Crippen LogP contribution is -2.10. The van der Waals surface area contributed by atoms with Crippen LogP contribution in [-0.2, 0) is 14.6 Å². The summed E-state index contributed by atoms with van der Waals surface area (Å²) in [6.07, 6.45) is 4.94. The van der Waals surface area contributed by atoms with E-state index < -0.39 is 16.5 Å². The molecular weight excluding hydrogens is 292 g/mol. The number of benzene rings is 1. The van der Waals surface area contributed by atoms with E-state index in [1.807, 2.05) is 41.1 Å². The van der Waals surface area contributed by atoms with Gasteiger partial charge in [-0.1, -0.05) is 24.8 Å². The van der Waals surface area contributed by atoms with Gasteiger partial charge in [0.15, 0.2) is 0 Å². The van der Waals surface area contributed by atoms with Crippen molar-refractivity contribution in [2.45, 2.75) is 20.0 Å². The maximum atomic E-state index is 9.78. The molecule has 0 aliphatic rings. The fourth-order valence-corrected chi connectivity index (χ4v) is 2.00. The van der Waals surface area contributed by atoms with Crippen molar-refractivity contribution >= 4 is 16.5 Å². The van der Waals surface area contributed by atoms with Crippen molar-refractivity contribution in [2.24, 2.45) is 0 Å². The molecule has 0 saturated heterocycles. The Morgan fingerprint density at radius 3 is 2.38 bits per heavy atom. The van der Waals surface area contributed by atoms with Gasteiger partial charge in [0.2, 0.25) is 0 Å². The van der Waals surface area contributed by atoms with Crippen molar-refractivity contribution in [3.63, 3.8) is 0 Å². The van der Waals surface area contributed by atoms with Crippen LogP contribution in [-0.4, -0.2) is 28.6 Å². The van der Waals surface area contributed by atoms with Gasteiger partial charge in [0.05, 0.1) is 6.10 Å². The third-order valence-corrected chi connectivity index (χ3v) is 2.83. The summed E-state index contributed by atoms with van der Waals surface area (Å²) >= 11 is 0. The Hall–Kier alpha value is -1.96. The van der Waals surface area contributed by atoms with E-state index in [1.165, 1.54) is 13.8 Å². The third-order valence-electron chi connectivity index (χ3n) is 2.20. The van der Waals surface area contributed by atoms with Crippen molar-refractivity contribution in [3.8, 4) is 5.69 Å². The van der Waals surface area contributed by atoms with Crippen LogP contribution in [0.3, 0.4) is 0 Å². The van der Waals surface area contributed by atoms with Crippen molar-refractivity contribution in [2.75, 3.05) is 0 Å². The zero-order valence-corrected chi connectivity index (χ0v) is 12.7. The molecule has 0 amide bonds. The van der Waals surface area contributed by atoms with Gasteiger partial charge in [0, 0.05) is 18.1 Å². The second kappa shape index (κ2) is 7.72. The maximum Gasteiger partial charge on any atom is 0.397 e. The van der Waals surface area contributed by atoms with Gasteiger partial charge in [0.1, 0.15) is 5.82 Å². The molecule has 0 unspecified atom stereocenters. The summed E-state index contributed by atoms with van der Waals surface area (Å²) < 4.78 is 33.4. The molecule has 0 radical (unpaired) electrons. The Bertz CT molecular complexity index is 663. The highest BCUT2D eigenvalue weighted by molar-refractivity contribution is 7.80. The molecule has 0 aliphatic carbocycles. The molecule has 0 atom stereocenters. The maximum absolute atomic E-state index is 9.78. The van der Waals surface area contributed by atoms with Gasteiger partial charge < -0.3 is 4.57 Å². The first-order chi connectivity index (χ1) is 9.83. The quantitative estimate of drug-likeness (QED) is 0.878. The fourth-order valence-electron chi connectivity index (χ4n) is 1.52. The van der Waals surface area contributed by atoms with Crippen LogP contribution in [0.25, 0.3) is 11.8 Å². The fraction of sp³-hybridized carbons (Fsp3) is 0.214. The zero-order valence-electron chi connectivity index (χ0n) is 11.9. The average molecular weight is 310 g/mol. The zero-order chi connectivity index (χ0) is 15.9. The SMILES string of the molecule is C=Cc1nccn1-c1ccccc1.CC(C)OS(=O)(=O)O. The first-order valence-electron chi connectivity index (χ1n) is 6.20. The molecule has 2 aromatic rings. The average Bonchev–Trinajstić information content (AvgIpc) is 2.85. The minimum absolute atomic E-state index is 0.495. The summed E-state index contributed by atoms with van der Waals surface area (Å²) in [6, 6.07) is 10.1. The Morgan fingerprint density at radius 2 is 1.95 bits per heavy atom. The molecule has 21 heavy (non-hydrogen) atoms. The van der Waals surface area contributed by atoms with Crippen molar-refractivity contribution in [1.29, 1.82) is 0 Å². The second-order valence-corrected chi connectivity index (χ2v) is 5.32. The van der Waals surface area contributed by atoms with Crippen LogP contribution in [0.2, 0.25) is 0 Å². The lowest BCUT2D eigenvalue weighted by atomic mass is 10.3. The molecule has 0 fully saturated rings. The van der Waals surface area contributed by atoms with E-state index in [0.717, 1.165) is 11.5 Å². The number of nitrogens with zero attached hydrogens (tertiary/aromatic N) is 2. The van der Waals surface area contributed by atoms with Crippen molar-refractivity contribution in [1.82, 2.24) is 9.55 Å². The lowest BCUT2D eigenvalue weighted by Gasteiger charge is -2.03. The molecule has 0 aliphatic heterocycles. The molecule has 114 valence electrons. The molecule has 1 N–H and O–H groups in total. The highest BCUT2D eigenvalue weighted by Crippen LogP contribution is 2.10. The van der Waals surface area contributed by atoms with E-state index in [-0.39, 0.29) is 0 Å². The molecule has 0 spiro atoms.